The zero-order chi connectivity index (χ0) is 24.1. The molecule has 0 aliphatic carbocycles. The summed E-state index contributed by atoms with van der Waals surface area (Å²) in [5, 5.41) is 9.23. The molecule has 2 atom stereocenters. The van der Waals surface area contributed by atoms with Crippen molar-refractivity contribution in [1.82, 2.24) is 0 Å². The van der Waals surface area contributed by atoms with Crippen molar-refractivity contribution in [2.45, 2.75) is 110 Å². The zero-order valence-electron chi connectivity index (χ0n) is 20.7. The quantitative estimate of drug-likeness (QED) is 0.203. The molecule has 1 N–H and O–H groups in total. The Kier molecular flexibility index (Phi) is 12.3. The molecule has 186 valence electrons. The first-order valence-electron chi connectivity index (χ1n) is 12.7. The van der Waals surface area contributed by atoms with Crippen LogP contribution in [0.5, 0.6) is 11.5 Å². The normalized spacial score (nSPS) is 15.8. The average molecular weight is 463 g/mol. The highest BCUT2D eigenvalue weighted by Crippen LogP contribution is 2.41. The minimum atomic E-state index is -0.390. The van der Waals surface area contributed by atoms with Crippen molar-refractivity contribution in [3.05, 3.63) is 23.3 Å². The predicted molar refractivity (Wildman–Crippen MR) is 129 cm³/mol. The van der Waals surface area contributed by atoms with E-state index in [1.165, 1.54) is 0 Å². The number of rotatable bonds is 18. The topological polar surface area (TPSA) is 82.1 Å². The number of ether oxygens (including phenoxy) is 3. The van der Waals surface area contributed by atoms with Crippen LogP contribution in [0, 0.1) is 0 Å². The lowest BCUT2D eigenvalue weighted by atomic mass is 9.98. The molecule has 2 rings (SSSR count). The second-order valence-electron chi connectivity index (χ2n) is 9.13. The number of carbonyl (C=O) groups is 2. The summed E-state index contributed by atoms with van der Waals surface area (Å²) in [7, 11) is 1.57. The van der Waals surface area contributed by atoms with Crippen LogP contribution in [0.3, 0.4) is 0 Å². The average Bonchev–Trinajstić information content (AvgIpc) is 3.11. The largest absolute Gasteiger partial charge is 0.496 e. The second kappa shape index (κ2) is 14.9. The first-order valence-corrected chi connectivity index (χ1v) is 12.7. The van der Waals surface area contributed by atoms with Crippen LogP contribution in [0.2, 0.25) is 0 Å². The smallest absolute Gasteiger partial charge is 0.342 e. The Balaban J connectivity index is 1.68. The highest BCUT2D eigenvalue weighted by molar-refractivity contribution is 5.97. The number of methoxy groups -OCH3 is 1. The fourth-order valence-electron chi connectivity index (χ4n) is 4.16. The van der Waals surface area contributed by atoms with Crippen molar-refractivity contribution in [2.75, 3.05) is 13.7 Å². The molecule has 0 fully saturated rings. The van der Waals surface area contributed by atoms with Crippen molar-refractivity contribution in [3.8, 4) is 11.5 Å². The van der Waals surface area contributed by atoms with Gasteiger partial charge in [-0.2, -0.15) is 0 Å². The van der Waals surface area contributed by atoms with Crippen LogP contribution in [0.25, 0.3) is 0 Å². The SMILES string of the molecule is CCCCOc1cc(OC)c2c(c1)C(CCCCCCCCCC(=O)CCC(C)O)OC2=O. The number of aliphatic hydroxyl groups excluding tert-OH is 1. The lowest BCUT2D eigenvalue weighted by molar-refractivity contribution is -0.119. The molecule has 0 radical (unpaired) electrons. The minimum absolute atomic E-state index is 0.233. The van der Waals surface area contributed by atoms with E-state index in [4.69, 9.17) is 14.2 Å². The van der Waals surface area contributed by atoms with Gasteiger partial charge in [0.2, 0.25) is 0 Å². The molecule has 1 heterocycles. The van der Waals surface area contributed by atoms with Gasteiger partial charge in [0, 0.05) is 24.5 Å². The van der Waals surface area contributed by atoms with Crippen molar-refractivity contribution in [2.24, 2.45) is 0 Å². The second-order valence-corrected chi connectivity index (χ2v) is 9.13. The molecule has 33 heavy (non-hydrogen) atoms. The lowest BCUT2D eigenvalue weighted by Gasteiger charge is -2.13. The Bertz CT molecular complexity index is 742. The molecule has 0 saturated heterocycles. The molecule has 1 aromatic rings. The van der Waals surface area contributed by atoms with Crippen molar-refractivity contribution < 1.29 is 28.9 Å². The Labute approximate surface area is 199 Å². The van der Waals surface area contributed by atoms with Gasteiger partial charge in [-0.15, -0.1) is 0 Å². The Morgan fingerprint density at radius 1 is 1.06 bits per heavy atom. The summed E-state index contributed by atoms with van der Waals surface area (Å²) in [5.74, 6) is 1.20. The number of ketones is 1. The molecule has 1 aromatic carbocycles. The first-order chi connectivity index (χ1) is 16.0. The van der Waals surface area contributed by atoms with Gasteiger partial charge in [-0.05, 0) is 45.1 Å². The van der Waals surface area contributed by atoms with Crippen LogP contribution in [-0.2, 0) is 9.53 Å². The Morgan fingerprint density at radius 3 is 2.42 bits per heavy atom. The number of esters is 1. The monoisotopic (exact) mass is 462 g/mol. The van der Waals surface area contributed by atoms with Gasteiger partial charge >= 0.3 is 5.97 Å². The number of hydrogen-bond acceptors (Lipinski definition) is 6. The number of unbranched alkanes of at least 4 members (excludes halogenated alkanes) is 7. The lowest BCUT2D eigenvalue weighted by Crippen LogP contribution is -2.05. The van der Waals surface area contributed by atoms with Gasteiger partial charge in [-0.1, -0.05) is 45.4 Å². The van der Waals surface area contributed by atoms with Crippen LogP contribution < -0.4 is 9.47 Å². The van der Waals surface area contributed by atoms with Crippen LogP contribution in [-0.4, -0.2) is 36.7 Å². The van der Waals surface area contributed by atoms with Crippen LogP contribution >= 0.6 is 0 Å². The molecule has 0 saturated carbocycles. The number of fused-ring (bicyclic) bond motifs is 1. The van der Waals surface area contributed by atoms with E-state index in [0.29, 0.717) is 37.2 Å². The van der Waals surface area contributed by atoms with Gasteiger partial charge < -0.3 is 19.3 Å². The summed E-state index contributed by atoms with van der Waals surface area (Å²) in [4.78, 5) is 24.1. The molecule has 0 bridgehead atoms. The van der Waals surface area contributed by atoms with E-state index in [2.05, 4.69) is 6.92 Å². The molecular weight excluding hydrogens is 420 g/mol. The fourth-order valence-corrected chi connectivity index (χ4v) is 4.16. The van der Waals surface area contributed by atoms with E-state index in [-0.39, 0.29) is 17.9 Å². The number of benzene rings is 1. The standard InChI is InChI=1S/C27H42O6/c1-4-5-17-32-22-18-23-24(33-27(30)26(23)25(19-22)31-3)14-12-10-8-6-7-9-11-13-21(29)16-15-20(2)28/h18-20,24,28H,4-17H2,1-3H3. The molecule has 0 spiro atoms. The van der Waals surface area contributed by atoms with E-state index in [1.54, 1.807) is 20.1 Å². The summed E-state index contributed by atoms with van der Waals surface area (Å²) < 4.78 is 16.9. The predicted octanol–water partition coefficient (Wildman–Crippen LogP) is 6.33. The summed E-state index contributed by atoms with van der Waals surface area (Å²) in [5.41, 5.74) is 1.42. The minimum Gasteiger partial charge on any atom is -0.496 e. The molecule has 6 heteroatoms. The van der Waals surface area contributed by atoms with Crippen LogP contribution in [0.4, 0.5) is 0 Å². The van der Waals surface area contributed by atoms with Gasteiger partial charge in [0.05, 0.1) is 19.8 Å². The fraction of sp³-hybridized carbons (Fsp3) is 0.704. The van der Waals surface area contributed by atoms with Gasteiger partial charge in [0.15, 0.2) is 0 Å². The van der Waals surface area contributed by atoms with Gasteiger partial charge in [0.25, 0.3) is 0 Å². The van der Waals surface area contributed by atoms with Crippen LogP contribution in [0.15, 0.2) is 12.1 Å². The van der Waals surface area contributed by atoms with Crippen molar-refractivity contribution in [3.63, 3.8) is 0 Å². The number of carbonyl (C=O) groups excluding carboxylic acids is 2. The Hall–Kier alpha value is -2.08. The summed E-state index contributed by atoms with van der Waals surface area (Å²) >= 11 is 0. The maximum Gasteiger partial charge on any atom is 0.342 e. The van der Waals surface area contributed by atoms with E-state index in [0.717, 1.165) is 75.5 Å². The molecule has 0 aromatic heterocycles. The summed E-state index contributed by atoms with van der Waals surface area (Å²) in [6.07, 6.45) is 11.5. The summed E-state index contributed by atoms with van der Waals surface area (Å²) in [6.45, 7) is 4.49. The molecular formula is C27H42O6. The van der Waals surface area contributed by atoms with E-state index >= 15 is 0 Å². The molecule has 0 amide bonds. The third-order valence-corrected chi connectivity index (χ3v) is 6.16. The number of cyclic esters (lactones) is 1. The maximum atomic E-state index is 12.4. The van der Waals surface area contributed by atoms with Crippen LogP contribution in [0.1, 0.15) is 119 Å². The molecule has 2 unspecified atom stereocenters. The van der Waals surface area contributed by atoms with Crippen molar-refractivity contribution >= 4 is 11.8 Å². The zero-order valence-corrected chi connectivity index (χ0v) is 20.7. The molecule has 1 aliphatic rings. The third-order valence-electron chi connectivity index (χ3n) is 6.16. The van der Waals surface area contributed by atoms with Gasteiger partial charge in [0.1, 0.15) is 28.9 Å². The van der Waals surface area contributed by atoms with E-state index in [1.807, 2.05) is 6.07 Å². The number of hydrogen-bond donors (Lipinski definition) is 1. The van der Waals surface area contributed by atoms with E-state index < -0.39 is 6.10 Å². The third kappa shape index (κ3) is 9.36. The highest BCUT2D eigenvalue weighted by atomic mass is 16.6. The Morgan fingerprint density at radius 2 is 1.76 bits per heavy atom. The number of Topliss-reactive ketones (excluding diaryl/α,β-unsaturated/α-hetero) is 1. The number of aliphatic hydroxyl groups is 1. The van der Waals surface area contributed by atoms with Gasteiger partial charge in [-0.25, -0.2) is 4.79 Å². The summed E-state index contributed by atoms with van der Waals surface area (Å²) in [6, 6.07) is 3.71. The highest BCUT2D eigenvalue weighted by Gasteiger charge is 2.34. The van der Waals surface area contributed by atoms with E-state index in [9.17, 15) is 14.7 Å². The first kappa shape index (κ1) is 27.2. The maximum absolute atomic E-state index is 12.4. The van der Waals surface area contributed by atoms with Gasteiger partial charge in [-0.3, -0.25) is 4.79 Å². The molecule has 6 nitrogen and oxygen atoms in total. The molecule has 1 aliphatic heterocycles. The van der Waals surface area contributed by atoms with Crippen molar-refractivity contribution in [1.29, 1.82) is 0 Å².